The Morgan fingerprint density at radius 3 is 2.39 bits per heavy atom. The van der Waals surface area contributed by atoms with E-state index in [9.17, 15) is 14.7 Å². The predicted octanol–water partition coefficient (Wildman–Crippen LogP) is 2.16. The van der Waals surface area contributed by atoms with Gasteiger partial charge in [0.1, 0.15) is 0 Å². The Balaban J connectivity index is 2.71. The molecular formula is C14H19NO3. The van der Waals surface area contributed by atoms with Crippen molar-refractivity contribution in [3.05, 3.63) is 35.9 Å². The van der Waals surface area contributed by atoms with Crippen LogP contribution < -0.4 is 5.32 Å². The van der Waals surface area contributed by atoms with Crippen molar-refractivity contribution in [3.8, 4) is 0 Å². The number of carbonyl (C=O) groups is 2. The molecule has 2 N–H and O–H groups in total. The summed E-state index contributed by atoms with van der Waals surface area (Å²) in [4.78, 5) is 22.9. The fourth-order valence-electron chi connectivity index (χ4n) is 1.65. The van der Waals surface area contributed by atoms with Gasteiger partial charge in [0, 0.05) is 12.5 Å². The van der Waals surface area contributed by atoms with Crippen LogP contribution >= 0.6 is 0 Å². The highest BCUT2D eigenvalue weighted by Crippen LogP contribution is 2.19. The van der Waals surface area contributed by atoms with Gasteiger partial charge in [0.15, 0.2) is 0 Å². The predicted molar refractivity (Wildman–Crippen MR) is 69.3 cm³/mol. The van der Waals surface area contributed by atoms with Crippen LogP contribution in [0, 0.1) is 0 Å². The lowest BCUT2D eigenvalue weighted by molar-refractivity contribution is -0.140. The summed E-state index contributed by atoms with van der Waals surface area (Å²) in [7, 11) is 0. The normalized spacial score (nSPS) is 13.7. The van der Waals surface area contributed by atoms with E-state index in [1.807, 2.05) is 19.9 Å². The Morgan fingerprint density at radius 2 is 1.89 bits per heavy atom. The SMILES string of the molecule is CCC(C)NC(=O)CC(C(=O)O)c1ccccc1. The van der Waals surface area contributed by atoms with Crippen molar-refractivity contribution in [2.75, 3.05) is 0 Å². The van der Waals surface area contributed by atoms with Crippen molar-refractivity contribution >= 4 is 11.9 Å². The van der Waals surface area contributed by atoms with Crippen molar-refractivity contribution in [3.63, 3.8) is 0 Å². The van der Waals surface area contributed by atoms with Crippen LogP contribution in [0.4, 0.5) is 0 Å². The minimum Gasteiger partial charge on any atom is -0.481 e. The first-order valence-corrected chi connectivity index (χ1v) is 6.11. The fraction of sp³-hybridized carbons (Fsp3) is 0.429. The fourth-order valence-corrected chi connectivity index (χ4v) is 1.65. The molecule has 0 bridgehead atoms. The summed E-state index contributed by atoms with van der Waals surface area (Å²) in [6.07, 6.45) is 0.804. The summed E-state index contributed by atoms with van der Waals surface area (Å²) in [5.41, 5.74) is 0.657. The minimum atomic E-state index is -0.972. The highest BCUT2D eigenvalue weighted by molar-refractivity contribution is 5.85. The van der Waals surface area contributed by atoms with E-state index in [0.717, 1.165) is 6.42 Å². The molecule has 98 valence electrons. The highest BCUT2D eigenvalue weighted by atomic mass is 16.4. The molecule has 1 aromatic rings. The lowest BCUT2D eigenvalue weighted by atomic mass is 9.95. The first kappa shape index (κ1) is 14.2. The van der Waals surface area contributed by atoms with Gasteiger partial charge < -0.3 is 10.4 Å². The van der Waals surface area contributed by atoms with Gasteiger partial charge >= 0.3 is 5.97 Å². The third-order valence-corrected chi connectivity index (χ3v) is 2.91. The largest absolute Gasteiger partial charge is 0.481 e. The molecule has 0 radical (unpaired) electrons. The van der Waals surface area contributed by atoms with Crippen LogP contribution in [0.3, 0.4) is 0 Å². The van der Waals surface area contributed by atoms with Gasteiger partial charge in [-0.2, -0.15) is 0 Å². The van der Waals surface area contributed by atoms with E-state index in [-0.39, 0.29) is 18.4 Å². The molecule has 0 saturated carbocycles. The zero-order chi connectivity index (χ0) is 13.5. The Labute approximate surface area is 107 Å². The van der Waals surface area contributed by atoms with E-state index >= 15 is 0 Å². The molecule has 18 heavy (non-hydrogen) atoms. The van der Waals surface area contributed by atoms with Crippen LogP contribution in [0.15, 0.2) is 30.3 Å². The molecule has 1 aromatic carbocycles. The molecule has 0 aliphatic rings. The van der Waals surface area contributed by atoms with Gasteiger partial charge in [0.25, 0.3) is 0 Å². The van der Waals surface area contributed by atoms with Crippen LogP contribution in [-0.4, -0.2) is 23.0 Å². The molecule has 4 heteroatoms. The summed E-state index contributed by atoms with van der Waals surface area (Å²) in [6, 6.07) is 8.91. The van der Waals surface area contributed by atoms with Crippen LogP contribution in [0.5, 0.6) is 0 Å². The second-order valence-corrected chi connectivity index (χ2v) is 4.38. The highest BCUT2D eigenvalue weighted by Gasteiger charge is 2.23. The van der Waals surface area contributed by atoms with E-state index in [2.05, 4.69) is 5.32 Å². The quantitative estimate of drug-likeness (QED) is 0.812. The van der Waals surface area contributed by atoms with E-state index in [1.54, 1.807) is 24.3 Å². The van der Waals surface area contributed by atoms with Crippen LogP contribution in [0.25, 0.3) is 0 Å². The summed E-state index contributed by atoms with van der Waals surface area (Å²) in [5, 5.41) is 12.0. The van der Waals surface area contributed by atoms with Gasteiger partial charge in [-0.15, -0.1) is 0 Å². The topological polar surface area (TPSA) is 66.4 Å². The minimum absolute atomic E-state index is 0.0241. The lowest BCUT2D eigenvalue weighted by Crippen LogP contribution is -2.33. The molecule has 2 atom stereocenters. The number of rotatable bonds is 6. The van der Waals surface area contributed by atoms with Crippen LogP contribution in [-0.2, 0) is 9.59 Å². The number of nitrogens with one attached hydrogen (secondary N) is 1. The number of hydrogen-bond donors (Lipinski definition) is 2. The van der Waals surface area contributed by atoms with Gasteiger partial charge in [0.2, 0.25) is 5.91 Å². The summed E-state index contributed by atoms with van der Waals surface area (Å²) in [6.45, 7) is 3.87. The van der Waals surface area contributed by atoms with E-state index < -0.39 is 11.9 Å². The molecule has 1 amide bonds. The summed E-state index contributed by atoms with van der Waals surface area (Å²) < 4.78 is 0. The average molecular weight is 249 g/mol. The first-order valence-electron chi connectivity index (χ1n) is 6.11. The Morgan fingerprint density at radius 1 is 1.28 bits per heavy atom. The maximum Gasteiger partial charge on any atom is 0.311 e. The molecule has 0 aliphatic carbocycles. The zero-order valence-electron chi connectivity index (χ0n) is 10.7. The van der Waals surface area contributed by atoms with Crippen molar-refractivity contribution in [1.29, 1.82) is 0 Å². The summed E-state index contributed by atoms with van der Waals surface area (Å²) >= 11 is 0. The van der Waals surface area contributed by atoms with Crippen molar-refractivity contribution < 1.29 is 14.7 Å². The molecule has 4 nitrogen and oxygen atoms in total. The smallest absolute Gasteiger partial charge is 0.311 e. The number of carboxylic acids is 1. The van der Waals surface area contributed by atoms with Gasteiger partial charge in [-0.25, -0.2) is 0 Å². The third-order valence-electron chi connectivity index (χ3n) is 2.91. The Bertz CT molecular complexity index is 403. The second-order valence-electron chi connectivity index (χ2n) is 4.38. The first-order chi connectivity index (χ1) is 8.54. The molecule has 0 saturated heterocycles. The van der Waals surface area contributed by atoms with E-state index in [1.165, 1.54) is 0 Å². The van der Waals surface area contributed by atoms with Crippen LogP contribution in [0.1, 0.15) is 38.2 Å². The lowest BCUT2D eigenvalue weighted by Gasteiger charge is -2.15. The zero-order valence-corrected chi connectivity index (χ0v) is 10.7. The number of benzene rings is 1. The van der Waals surface area contributed by atoms with Gasteiger partial charge in [-0.05, 0) is 18.9 Å². The van der Waals surface area contributed by atoms with Gasteiger partial charge in [0.05, 0.1) is 5.92 Å². The Kier molecular flexibility index (Phi) is 5.36. The molecule has 0 fully saturated rings. The standard InChI is InChI=1S/C14H19NO3/c1-3-10(2)15-13(16)9-12(14(17)18)11-7-5-4-6-8-11/h4-8,10,12H,3,9H2,1-2H3,(H,15,16)(H,17,18). The Hall–Kier alpha value is -1.84. The maximum atomic E-state index is 11.7. The van der Waals surface area contributed by atoms with E-state index in [0.29, 0.717) is 5.56 Å². The van der Waals surface area contributed by atoms with Crippen LogP contribution in [0.2, 0.25) is 0 Å². The van der Waals surface area contributed by atoms with Crippen molar-refractivity contribution in [1.82, 2.24) is 5.32 Å². The monoisotopic (exact) mass is 249 g/mol. The molecule has 0 aromatic heterocycles. The molecular weight excluding hydrogens is 230 g/mol. The second kappa shape index (κ2) is 6.79. The number of carboxylic acid groups (broad SMARTS) is 1. The van der Waals surface area contributed by atoms with Gasteiger partial charge in [-0.1, -0.05) is 37.3 Å². The van der Waals surface area contributed by atoms with Crippen molar-refractivity contribution in [2.24, 2.45) is 0 Å². The molecule has 0 spiro atoms. The number of aliphatic carboxylic acids is 1. The molecule has 0 heterocycles. The van der Waals surface area contributed by atoms with Gasteiger partial charge in [-0.3, -0.25) is 9.59 Å². The summed E-state index contributed by atoms with van der Waals surface area (Å²) in [5.74, 6) is -1.98. The average Bonchev–Trinajstić information content (AvgIpc) is 2.36. The van der Waals surface area contributed by atoms with E-state index in [4.69, 9.17) is 0 Å². The maximum absolute atomic E-state index is 11.7. The van der Waals surface area contributed by atoms with Crippen molar-refractivity contribution in [2.45, 2.75) is 38.6 Å². The number of hydrogen-bond acceptors (Lipinski definition) is 2. The molecule has 0 aliphatic heterocycles. The number of amides is 1. The number of carbonyl (C=O) groups excluding carboxylic acids is 1. The molecule has 2 unspecified atom stereocenters. The molecule has 1 rings (SSSR count). The third kappa shape index (κ3) is 4.20.